The molecule has 0 aromatic heterocycles. The lowest BCUT2D eigenvalue weighted by atomic mass is 10.1. The largest absolute Gasteiger partial charge is 0.468 e. The lowest BCUT2D eigenvalue weighted by Crippen LogP contribution is -2.49. The van der Waals surface area contributed by atoms with Crippen LogP contribution in [0.25, 0.3) is 0 Å². The molecule has 1 saturated heterocycles. The number of nitrogens with zero attached hydrogens (tertiary/aromatic N) is 2. The number of piperidine rings is 1. The Morgan fingerprint density at radius 3 is 2.65 bits per heavy atom. The molecule has 0 N–H and O–H groups in total. The fraction of sp³-hybridized carbons (Fsp3) is 0.900. The van der Waals surface area contributed by atoms with Crippen molar-refractivity contribution in [1.29, 1.82) is 0 Å². The van der Waals surface area contributed by atoms with E-state index in [0.717, 1.165) is 23.6 Å². The number of rotatable bonds is 4. The molecule has 1 rings (SSSR count). The summed E-state index contributed by atoms with van der Waals surface area (Å²) in [6.45, 7) is 2.17. The minimum absolute atomic E-state index is 0.00570. The lowest BCUT2D eigenvalue weighted by Gasteiger charge is -2.34. The molecule has 1 heterocycles. The fourth-order valence-corrected chi connectivity index (χ4v) is 3.47. The minimum atomic E-state index is -3.55. The van der Waals surface area contributed by atoms with Gasteiger partial charge in [0.25, 0.3) is 10.2 Å². The van der Waals surface area contributed by atoms with Crippen LogP contribution >= 0.6 is 0 Å². The molecular formula is C10H20N2O4S. The summed E-state index contributed by atoms with van der Waals surface area (Å²) >= 11 is 0. The average Bonchev–Trinajstić information content (AvgIpc) is 2.29. The molecule has 0 aromatic carbocycles. The van der Waals surface area contributed by atoms with E-state index >= 15 is 0 Å². The van der Waals surface area contributed by atoms with E-state index in [1.807, 2.05) is 6.92 Å². The van der Waals surface area contributed by atoms with E-state index in [1.165, 1.54) is 18.5 Å². The molecule has 1 fully saturated rings. The first kappa shape index (κ1) is 14.4. The Morgan fingerprint density at radius 1 is 1.47 bits per heavy atom. The SMILES string of the molecule is COC(=O)CN(C)S(=O)(=O)N1CCCCC1C. The van der Waals surface area contributed by atoms with E-state index in [4.69, 9.17) is 0 Å². The summed E-state index contributed by atoms with van der Waals surface area (Å²) in [5.41, 5.74) is 0. The van der Waals surface area contributed by atoms with Crippen molar-refractivity contribution in [3.05, 3.63) is 0 Å². The Kier molecular flexibility index (Phi) is 4.91. The van der Waals surface area contributed by atoms with Gasteiger partial charge in [0.1, 0.15) is 6.54 Å². The molecule has 1 atom stereocenters. The molecule has 1 aliphatic heterocycles. The van der Waals surface area contributed by atoms with Gasteiger partial charge in [0, 0.05) is 19.6 Å². The predicted molar refractivity (Wildman–Crippen MR) is 63.6 cm³/mol. The van der Waals surface area contributed by atoms with Gasteiger partial charge in [0.15, 0.2) is 0 Å². The molecule has 0 saturated carbocycles. The third kappa shape index (κ3) is 3.40. The number of ether oxygens (including phenoxy) is 1. The first-order chi connectivity index (χ1) is 7.89. The number of hydrogen-bond acceptors (Lipinski definition) is 4. The molecule has 0 aromatic rings. The number of methoxy groups -OCH3 is 1. The average molecular weight is 264 g/mol. The summed E-state index contributed by atoms with van der Waals surface area (Å²) in [7, 11) is -0.912. The van der Waals surface area contributed by atoms with Gasteiger partial charge in [0.05, 0.1) is 7.11 Å². The molecule has 0 amide bonds. The van der Waals surface area contributed by atoms with Gasteiger partial charge in [-0.05, 0) is 19.8 Å². The van der Waals surface area contributed by atoms with Gasteiger partial charge >= 0.3 is 5.97 Å². The van der Waals surface area contributed by atoms with E-state index in [2.05, 4.69) is 4.74 Å². The van der Waals surface area contributed by atoms with Gasteiger partial charge in [0.2, 0.25) is 0 Å². The fourth-order valence-electron chi connectivity index (χ4n) is 1.92. The molecule has 0 spiro atoms. The van der Waals surface area contributed by atoms with Crippen LogP contribution < -0.4 is 0 Å². The first-order valence-electron chi connectivity index (χ1n) is 5.69. The summed E-state index contributed by atoms with van der Waals surface area (Å²) in [4.78, 5) is 11.1. The molecule has 0 bridgehead atoms. The van der Waals surface area contributed by atoms with Crippen LogP contribution in [0.15, 0.2) is 0 Å². The van der Waals surface area contributed by atoms with Gasteiger partial charge in [-0.1, -0.05) is 6.42 Å². The second kappa shape index (κ2) is 5.79. The van der Waals surface area contributed by atoms with E-state index in [9.17, 15) is 13.2 Å². The highest BCUT2D eigenvalue weighted by Crippen LogP contribution is 2.21. The van der Waals surface area contributed by atoms with Gasteiger partial charge in [-0.15, -0.1) is 0 Å². The smallest absolute Gasteiger partial charge is 0.321 e. The van der Waals surface area contributed by atoms with Crippen molar-refractivity contribution in [1.82, 2.24) is 8.61 Å². The number of carbonyl (C=O) groups excluding carboxylic acids is 1. The molecule has 0 radical (unpaired) electrons. The quantitative estimate of drug-likeness (QED) is 0.681. The summed E-state index contributed by atoms with van der Waals surface area (Å²) in [5.74, 6) is -0.555. The zero-order chi connectivity index (χ0) is 13.1. The van der Waals surface area contributed by atoms with Crippen molar-refractivity contribution in [2.45, 2.75) is 32.2 Å². The second-order valence-electron chi connectivity index (χ2n) is 4.30. The standard InChI is InChI=1S/C10H20N2O4S/c1-9-6-4-5-7-12(9)17(14,15)11(2)8-10(13)16-3/h9H,4-8H2,1-3H3. The van der Waals surface area contributed by atoms with E-state index in [1.54, 1.807) is 0 Å². The Balaban J connectivity index is 2.75. The maximum absolute atomic E-state index is 12.2. The van der Waals surface area contributed by atoms with E-state index in [-0.39, 0.29) is 12.6 Å². The Hall–Kier alpha value is -0.660. The van der Waals surface area contributed by atoms with Crippen LogP contribution in [0.2, 0.25) is 0 Å². The highest BCUT2D eigenvalue weighted by atomic mass is 32.2. The number of esters is 1. The maximum Gasteiger partial charge on any atom is 0.321 e. The van der Waals surface area contributed by atoms with Crippen LogP contribution in [-0.2, 0) is 19.7 Å². The van der Waals surface area contributed by atoms with Crippen molar-refractivity contribution in [3.63, 3.8) is 0 Å². The zero-order valence-electron chi connectivity index (χ0n) is 10.5. The third-order valence-corrected chi connectivity index (χ3v) is 5.06. The van der Waals surface area contributed by atoms with Crippen molar-refractivity contribution in [2.75, 3.05) is 27.2 Å². The van der Waals surface area contributed by atoms with Gasteiger partial charge < -0.3 is 4.74 Å². The molecule has 7 heteroatoms. The van der Waals surface area contributed by atoms with Gasteiger partial charge in [-0.3, -0.25) is 4.79 Å². The number of carbonyl (C=O) groups is 1. The van der Waals surface area contributed by atoms with Crippen LogP contribution in [0.1, 0.15) is 26.2 Å². The number of hydrogen-bond donors (Lipinski definition) is 0. The second-order valence-corrected chi connectivity index (χ2v) is 6.28. The van der Waals surface area contributed by atoms with Gasteiger partial charge in [-0.2, -0.15) is 17.0 Å². The van der Waals surface area contributed by atoms with E-state index in [0.29, 0.717) is 6.54 Å². The maximum atomic E-state index is 12.2. The van der Waals surface area contributed by atoms with Crippen LogP contribution in [0, 0.1) is 0 Å². The Bertz CT molecular complexity index is 369. The lowest BCUT2D eigenvalue weighted by molar-refractivity contribution is -0.140. The predicted octanol–water partition coefficient (Wildman–Crippen LogP) is 0.210. The Morgan fingerprint density at radius 2 is 2.12 bits per heavy atom. The zero-order valence-corrected chi connectivity index (χ0v) is 11.4. The topological polar surface area (TPSA) is 66.9 Å². The van der Waals surface area contributed by atoms with Crippen molar-refractivity contribution in [3.8, 4) is 0 Å². The van der Waals surface area contributed by atoms with Crippen molar-refractivity contribution < 1.29 is 17.9 Å². The van der Waals surface area contributed by atoms with Crippen molar-refractivity contribution in [2.24, 2.45) is 0 Å². The summed E-state index contributed by atoms with van der Waals surface area (Å²) in [5, 5.41) is 0. The van der Waals surface area contributed by atoms with E-state index < -0.39 is 16.2 Å². The molecule has 6 nitrogen and oxygen atoms in total. The minimum Gasteiger partial charge on any atom is -0.468 e. The van der Waals surface area contributed by atoms with Crippen LogP contribution in [0.5, 0.6) is 0 Å². The highest BCUT2D eigenvalue weighted by molar-refractivity contribution is 7.86. The first-order valence-corrected chi connectivity index (χ1v) is 7.09. The summed E-state index contributed by atoms with van der Waals surface area (Å²) in [6.07, 6.45) is 2.79. The molecular weight excluding hydrogens is 244 g/mol. The molecule has 17 heavy (non-hydrogen) atoms. The number of likely N-dealkylation sites (N-methyl/N-ethyl adjacent to an activating group) is 1. The molecule has 1 unspecified atom stereocenters. The summed E-state index contributed by atoms with van der Waals surface area (Å²) < 4.78 is 31.3. The molecule has 0 aliphatic carbocycles. The summed E-state index contributed by atoms with van der Waals surface area (Å²) in [6, 6.07) is -0.00570. The monoisotopic (exact) mass is 264 g/mol. The third-order valence-electron chi connectivity index (χ3n) is 3.01. The molecule has 100 valence electrons. The van der Waals surface area contributed by atoms with Crippen LogP contribution in [0.4, 0.5) is 0 Å². The molecule has 1 aliphatic rings. The Labute approximate surface area is 103 Å². The van der Waals surface area contributed by atoms with Crippen molar-refractivity contribution >= 4 is 16.2 Å². The van der Waals surface area contributed by atoms with Crippen LogP contribution in [0.3, 0.4) is 0 Å². The van der Waals surface area contributed by atoms with Gasteiger partial charge in [-0.25, -0.2) is 0 Å². The normalized spacial score (nSPS) is 22.7. The highest BCUT2D eigenvalue weighted by Gasteiger charge is 2.33. The van der Waals surface area contributed by atoms with Crippen LogP contribution in [-0.4, -0.2) is 56.3 Å².